The molecule has 78 valence electrons. The lowest BCUT2D eigenvalue weighted by Crippen LogP contribution is -2.44. The highest BCUT2D eigenvalue weighted by Gasteiger charge is 2.13. The third-order valence-electron chi connectivity index (χ3n) is 1.63. The lowest BCUT2D eigenvalue weighted by molar-refractivity contribution is -0.137. The molecule has 2 amide bonds. The average Bonchev–Trinajstić information content (AvgIpc) is 2.12. The van der Waals surface area contributed by atoms with Crippen LogP contribution in [-0.2, 0) is 4.79 Å². The van der Waals surface area contributed by atoms with Gasteiger partial charge in [0.05, 0.1) is 6.04 Å². The molecular weight excluding hydrogens is 184 g/mol. The Bertz CT molecular complexity index is 257. The number of urea groups is 1. The number of terminal acetylenes is 1. The van der Waals surface area contributed by atoms with E-state index in [-0.39, 0.29) is 12.6 Å². The molecule has 0 radical (unpaired) electrons. The van der Waals surface area contributed by atoms with Crippen molar-refractivity contribution in [2.75, 3.05) is 13.6 Å². The highest BCUT2D eigenvalue weighted by atomic mass is 16.4. The Kier molecular flexibility index (Phi) is 5.15. The van der Waals surface area contributed by atoms with E-state index < -0.39 is 12.0 Å². The van der Waals surface area contributed by atoms with Crippen LogP contribution in [0, 0.1) is 12.3 Å². The van der Waals surface area contributed by atoms with Gasteiger partial charge in [0.25, 0.3) is 0 Å². The summed E-state index contributed by atoms with van der Waals surface area (Å²) in [4.78, 5) is 22.6. The summed E-state index contributed by atoms with van der Waals surface area (Å²) in [6, 6.07) is -0.823. The number of amides is 2. The Balaban J connectivity index is 4.08. The molecule has 0 aliphatic heterocycles. The zero-order valence-corrected chi connectivity index (χ0v) is 8.28. The van der Waals surface area contributed by atoms with Crippen LogP contribution in [0.5, 0.6) is 0 Å². The molecule has 0 saturated heterocycles. The molecule has 0 heterocycles. The van der Waals surface area contributed by atoms with Crippen LogP contribution in [-0.4, -0.2) is 41.6 Å². The molecule has 14 heavy (non-hydrogen) atoms. The summed E-state index contributed by atoms with van der Waals surface area (Å²) in [5.41, 5.74) is 0. The van der Waals surface area contributed by atoms with E-state index in [1.807, 2.05) is 6.92 Å². The van der Waals surface area contributed by atoms with E-state index in [4.69, 9.17) is 11.5 Å². The van der Waals surface area contributed by atoms with Crippen molar-refractivity contribution in [3.8, 4) is 12.3 Å². The molecule has 0 aliphatic carbocycles. The van der Waals surface area contributed by atoms with Gasteiger partial charge in [-0.2, -0.15) is 0 Å². The number of hydrogen-bond donors (Lipinski definition) is 2. The Morgan fingerprint density at radius 2 is 2.21 bits per heavy atom. The first-order chi connectivity index (χ1) is 6.51. The van der Waals surface area contributed by atoms with Gasteiger partial charge in [-0.3, -0.25) is 4.79 Å². The second-order valence-electron chi connectivity index (χ2n) is 2.83. The number of carbonyl (C=O) groups excluding carboxylic acids is 1. The molecular formula is C9H14N2O3. The number of nitrogens with zero attached hydrogens (tertiary/aromatic N) is 1. The minimum Gasteiger partial charge on any atom is -0.480 e. The van der Waals surface area contributed by atoms with Gasteiger partial charge in [0.2, 0.25) is 0 Å². The van der Waals surface area contributed by atoms with Crippen LogP contribution in [0.2, 0.25) is 0 Å². The lowest BCUT2D eigenvalue weighted by atomic mass is 10.2. The second kappa shape index (κ2) is 5.86. The zero-order chi connectivity index (χ0) is 11.1. The molecule has 0 saturated carbocycles. The topological polar surface area (TPSA) is 69.6 Å². The number of hydrogen-bond acceptors (Lipinski definition) is 2. The maximum absolute atomic E-state index is 11.3. The molecule has 0 bridgehead atoms. The van der Waals surface area contributed by atoms with Gasteiger partial charge in [0.1, 0.15) is 6.54 Å². The van der Waals surface area contributed by atoms with Gasteiger partial charge in [0.15, 0.2) is 0 Å². The van der Waals surface area contributed by atoms with Gasteiger partial charge in [-0.1, -0.05) is 12.8 Å². The number of rotatable bonds is 4. The van der Waals surface area contributed by atoms with Gasteiger partial charge in [-0.25, -0.2) is 4.79 Å². The Morgan fingerprint density at radius 1 is 1.64 bits per heavy atom. The fourth-order valence-corrected chi connectivity index (χ4v) is 0.796. The molecule has 1 unspecified atom stereocenters. The Labute approximate surface area is 83.1 Å². The van der Waals surface area contributed by atoms with Crippen LogP contribution >= 0.6 is 0 Å². The molecule has 0 aromatic carbocycles. The average molecular weight is 198 g/mol. The van der Waals surface area contributed by atoms with Gasteiger partial charge in [-0.05, 0) is 6.42 Å². The summed E-state index contributed by atoms with van der Waals surface area (Å²) in [5.74, 6) is 1.33. The normalized spacial score (nSPS) is 11.2. The van der Waals surface area contributed by atoms with Crippen LogP contribution < -0.4 is 5.32 Å². The monoisotopic (exact) mass is 198 g/mol. The smallest absolute Gasteiger partial charge is 0.323 e. The fourth-order valence-electron chi connectivity index (χ4n) is 0.796. The van der Waals surface area contributed by atoms with Crippen LogP contribution in [0.25, 0.3) is 0 Å². The predicted octanol–water partition coefficient (Wildman–Crippen LogP) is 0.124. The first kappa shape index (κ1) is 12.3. The molecule has 0 rings (SSSR count). The van der Waals surface area contributed by atoms with Crippen molar-refractivity contribution in [1.82, 2.24) is 10.2 Å². The highest BCUT2D eigenvalue weighted by Crippen LogP contribution is 1.91. The first-order valence-corrected chi connectivity index (χ1v) is 4.20. The van der Waals surface area contributed by atoms with E-state index in [9.17, 15) is 9.59 Å². The molecule has 5 nitrogen and oxygen atoms in total. The molecule has 5 heteroatoms. The molecule has 1 atom stereocenters. The third kappa shape index (κ3) is 4.36. The quantitative estimate of drug-likeness (QED) is 0.630. The zero-order valence-electron chi connectivity index (χ0n) is 8.28. The van der Waals surface area contributed by atoms with Crippen molar-refractivity contribution < 1.29 is 14.7 Å². The van der Waals surface area contributed by atoms with Crippen LogP contribution in [0.1, 0.15) is 13.3 Å². The van der Waals surface area contributed by atoms with Crippen molar-refractivity contribution in [3.63, 3.8) is 0 Å². The minimum absolute atomic E-state index is 0.340. The molecule has 0 fully saturated rings. The van der Waals surface area contributed by atoms with Gasteiger partial charge in [0, 0.05) is 7.05 Å². The number of aliphatic carboxylic acids is 1. The summed E-state index contributed by atoms with van der Waals surface area (Å²) in [7, 11) is 1.40. The minimum atomic E-state index is -1.06. The highest BCUT2D eigenvalue weighted by molar-refractivity contribution is 5.80. The van der Waals surface area contributed by atoms with E-state index in [0.29, 0.717) is 6.42 Å². The SMILES string of the molecule is C#CC(CC)NC(=O)N(C)CC(=O)O. The molecule has 0 aromatic rings. The van der Waals surface area contributed by atoms with Crippen LogP contribution in [0.3, 0.4) is 0 Å². The Hall–Kier alpha value is -1.70. The van der Waals surface area contributed by atoms with Crippen LogP contribution in [0.15, 0.2) is 0 Å². The Morgan fingerprint density at radius 3 is 2.57 bits per heavy atom. The van der Waals surface area contributed by atoms with Crippen molar-refractivity contribution in [3.05, 3.63) is 0 Å². The van der Waals surface area contributed by atoms with E-state index in [1.165, 1.54) is 7.05 Å². The summed E-state index contributed by atoms with van der Waals surface area (Å²) in [5, 5.41) is 10.9. The van der Waals surface area contributed by atoms with Gasteiger partial charge in [-0.15, -0.1) is 6.42 Å². The fraction of sp³-hybridized carbons (Fsp3) is 0.556. The molecule has 0 spiro atoms. The van der Waals surface area contributed by atoms with Crippen molar-refractivity contribution in [2.24, 2.45) is 0 Å². The van der Waals surface area contributed by atoms with Crippen molar-refractivity contribution >= 4 is 12.0 Å². The molecule has 0 aliphatic rings. The predicted molar refractivity (Wildman–Crippen MR) is 51.7 cm³/mol. The van der Waals surface area contributed by atoms with Gasteiger partial charge >= 0.3 is 12.0 Å². The number of carbonyl (C=O) groups is 2. The second-order valence-corrected chi connectivity index (χ2v) is 2.83. The van der Waals surface area contributed by atoms with E-state index in [0.717, 1.165) is 4.90 Å². The first-order valence-electron chi connectivity index (χ1n) is 4.20. The number of carboxylic acid groups (broad SMARTS) is 1. The third-order valence-corrected chi connectivity index (χ3v) is 1.63. The standard InChI is InChI=1S/C9H14N2O3/c1-4-7(5-2)10-9(14)11(3)6-8(12)13/h1,7H,5-6H2,2-3H3,(H,10,14)(H,12,13). The van der Waals surface area contributed by atoms with Gasteiger partial charge < -0.3 is 15.3 Å². The van der Waals surface area contributed by atoms with E-state index >= 15 is 0 Å². The number of carboxylic acids is 1. The maximum Gasteiger partial charge on any atom is 0.323 e. The van der Waals surface area contributed by atoms with Crippen molar-refractivity contribution in [1.29, 1.82) is 0 Å². The molecule has 0 aromatic heterocycles. The number of likely N-dealkylation sites (N-methyl/N-ethyl adjacent to an activating group) is 1. The van der Waals surface area contributed by atoms with E-state index in [1.54, 1.807) is 0 Å². The van der Waals surface area contributed by atoms with Crippen molar-refractivity contribution in [2.45, 2.75) is 19.4 Å². The van der Waals surface area contributed by atoms with Crippen LogP contribution in [0.4, 0.5) is 4.79 Å². The number of nitrogens with one attached hydrogen (secondary N) is 1. The summed E-state index contributed by atoms with van der Waals surface area (Å²) in [6.45, 7) is 1.49. The largest absolute Gasteiger partial charge is 0.480 e. The molecule has 2 N–H and O–H groups in total. The summed E-state index contributed by atoms with van der Waals surface area (Å²) >= 11 is 0. The summed E-state index contributed by atoms with van der Waals surface area (Å²) in [6.07, 6.45) is 5.75. The maximum atomic E-state index is 11.3. The summed E-state index contributed by atoms with van der Waals surface area (Å²) < 4.78 is 0. The van der Waals surface area contributed by atoms with E-state index in [2.05, 4.69) is 11.2 Å². The lowest BCUT2D eigenvalue weighted by Gasteiger charge is -2.18.